The van der Waals surface area contributed by atoms with Crippen LogP contribution in [0, 0.1) is 11.8 Å². The Balaban J connectivity index is 1.93. The Hall–Kier alpha value is -0.570. The summed E-state index contributed by atoms with van der Waals surface area (Å²) in [6.07, 6.45) is 5.87. The second-order valence-electron chi connectivity index (χ2n) is 5.30. The topological polar surface area (TPSA) is 41.1 Å². The van der Waals surface area contributed by atoms with Gasteiger partial charge in [0.1, 0.15) is 0 Å². The van der Waals surface area contributed by atoms with E-state index in [-0.39, 0.29) is 5.91 Å². The van der Waals surface area contributed by atoms with Gasteiger partial charge in [-0.2, -0.15) is 0 Å². The Morgan fingerprint density at radius 2 is 1.94 bits per heavy atom. The first-order valence-corrected chi connectivity index (χ1v) is 6.66. The van der Waals surface area contributed by atoms with Crippen molar-refractivity contribution in [1.29, 1.82) is 0 Å². The summed E-state index contributed by atoms with van der Waals surface area (Å²) in [5.74, 6) is 1.57. The molecule has 0 radical (unpaired) electrons. The Kier molecular flexibility index (Phi) is 6.46. The van der Waals surface area contributed by atoms with Gasteiger partial charge in [-0.25, -0.2) is 0 Å². The van der Waals surface area contributed by atoms with Gasteiger partial charge in [-0.3, -0.25) is 4.79 Å². The molecule has 0 spiro atoms. The Bertz CT molecular complexity index is 198. The minimum Gasteiger partial charge on any atom is -0.355 e. The van der Waals surface area contributed by atoms with Crippen LogP contribution in [-0.2, 0) is 4.79 Å². The third-order valence-corrected chi connectivity index (χ3v) is 3.13. The summed E-state index contributed by atoms with van der Waals surface area (Å²) in [6, 6.07) is 0. The maximum Gasteiger partial charge on any atom is 0.220 e. The molecule has 0 unspecified atom stereocenters. The SMILES string of the molecule is CC(C)CNCCNC(=O)CC1CCCC1. The molecule has 0 aromatic carbocycles. The average Bonchev–Trinajstić information content (AvgIpc) is 2.69. The van der Waals surface area contributed by atoms with Crippen LogP contribution in [0.15, 0.2) is 0 Å². The van der Waals surface area contributed by atoms with Gasteiger partial charge < -0.3 is 10.6 Å². The zero-order chi connectivity index (χ0) is 11.8. The van der Waals surface area contributed by atoms with Crippen LogP contribution < -0.4 is 10.6 Å². The highest BCUT2D eigenvalue weighted by molar-refractivity contribution is 5.76. The van der Waals surface area contributed by atoms with Gasteiger partial charge in [0.15, 0.2) is 0 Å². The molecule has 0 aromatic rings. The van der Waals surface area contributed by atoms with Crippen molar-refractivity contribution in [1.82, 2.24) is 10.6 Å². The number of carbonyl (C=O) groups is 1. The molecule has 16 heavy (non-hydrogen) atoms. The molecule has 2 N–H and O–H groups in total. The highest BCUT2D eigenvalue weighted by Gasteiger charge is 2.17. The molecule has 0 atom stereocenters. The summed E-state index contributed by atoms with van der Waals surface area (Å²) in [6.45, 7) is 7.04. The lowest BCUT2D eigenvalue weighted by atomic mass is 10.0. The van der Waals surface area contributed by atoms with E-state index in [4.69, 9.17) is 0 Å². The number of carbonyl (C=O) groups excluding carboxylic acids is 1. The standard InChI is InChI=1S/C13H26N2O/c1-11(2)10-14-7-8-15-13(16)9-12-5-3-4-6-12/h11-12,14H,3-10H2,1-2H3,(H,15,16). The second kappa shape index (κ2) is 7.66. The minimum absolute atomic E-state index is 0.234. The minimum atomic E-state index is 0.234. The van der Waals surface area contributed by atoms with Gasteiger partial charge in [-0.1, -0.05) is 26.7 Å². The van der Waals surface area contributed by atoms with Crippen molar-refractivity contribution in [3.8, 4) is 0 Å². The van der Waals surface area contributed by atoms with E-state index in [2.05, 4.69) is 24.5 Å². The predicted molar refractivity (Wildman–Crippen MR) is 67.3 cm³/mol. The zero-order valence-electron chi connectivity index (χ0n) is 10.7. The number of hydrogen-bond acceptors (Lipinski definition) is 2. The molecule has 1 amide bonds. The van der Waals surface area contributed by atoms with Crippen molar-refractivity contribution in [2.45, 2.75) is 46.0 Å². The highest BCUT2D eigenvalue weighted by Crippen LogP contribution is 2.27. The van der Waals surface area contributed by atoms with Crippen molar-refractivity contribution < 1.29 is 4.79 Å². The van der Waals surface area contributed by atoms with Gasteiger partial charge in [-0.05, 0) is 31.2 Å². The molecule has 1 saturated carbocycles. The predicted octanol–water partition coefficient (Wildman–Crippen LogP) is 1.93. The van der Waals surface area contributed by atoms with E-state index < -0.39 is 0 Å². The van der Waals surface area contributed by atoms with Crippen LogP contribution in [0.4, 0.5) is 0 Å². The van der Waals surface area contributed by atoms with E-state index in [1.807, 2.05) is 0 Å². The molecule has 1 aliphatic carbocycles. The van der Waals surface area contributed by atoms with Gasteiger partial charge in [-0.15, -0.1) is 0 Å². The highest BCUT2D eigenvalue weighted by atomic mass is 16.1. The van der Waals surface area contributed by atoms with E-state index >= 15 is 0 Å². The van der Waals surface area contributed by atoms with Gasteiger partial charge in [0.2, 0.25) is 5.91 Å². The van der Waals surface area contributed by atoms with Crippen molar-refractivity contribution in [3.05, 3.63) is 0 Å². The van der Waals surface area contributed by atoms with Crippen LogP contribution >= 0.6 is 0 Å². The molecule has 0 saturated heterocycles. The van der Waals surface area contributed by atoms with E-state index in [1.54, 1.807) is 0 Å². The fourth-order valence-electron chi connectivity index (χ4n) is 2.23. The Morgan fingerprint density at radius 1 is 1.25 bits per heavy atom. The number of nitrogens with one attached hydrogen (secondary N) is 2. The summed E-state index contributed by atoms with van der Waals surface area (Å²) in [7, 11) is 0. The Morgan fingerprint density at radius 3 is 2.56 bits per heavy atom. The first-order valence-electron chi connectivity index (χ1n) is 6.66. The van der Waals surface area contributed by atoms with E-state index in [0.29, 0.717) is 11.8 Å². The number of rotatable bonds is 7. The quantitative estimate of drug-likeness (QED) is 0.651. The molecular weight excluding hydrogens is 200 g/mol. The van der Waals surface area contributed by atoms with Gasteiger partial charge in [0.05, 0.1) is 0 Å². The van der Waals surface area contributed by atoms with Crippen LogP contribution in [0.1, 0.15) is 46.0 Å². The average molecular weight is 226 g/mol. The van der Waals surface area contributed by atoms with Crippen molar-refractivity contribution in [2.24, 2.45) is 11.8 Å². The van der Waals surface area contributed by atoms with Crippen LogP contribution in [-0.4, -0.2) is 25.5 Å². The Labute approximate surface area is 99.4 Å². The second-order valence-corrected chi connectivity index (χ2v) is 5.30. The summed E-state index contributed by atoms with van der Waals surface area (Å²) in [5.41, 5.74) is 0. The van der Waals surface area contributed by atoms with E-state index in [0.717, 1.165) is 26.1 Å². The smallest absolute Gasteiger partial charge is 0.220 e. The first kappa shape index (κ1) is 13.5. The van der Waals surface area contributed by atoms with Crippen LogP contribution in [0.3, 0.4) is 0 Å². The summed E-state index contributed by atoms with van der Waals surface area (Å²) < 4.78 is 0. The third-order valence-electron chi connectivity index (χ3n) is 3.13. The van der Waals surface area contributed by atoms with Crippen LogP contribution in [0.25, 0.3) is 0 Å². The molecule has 1 rings (SSSR count). The van der Waals surface area contributed by atoms with Gasteiger partial charge in [0.25, 0.3) is 0 Å². The molecule has 3 heteroatoms. The summed E-state index contributed by atoms with van der Waals surface area (Å²) >= 11 is 0. The lowest BCUT2D eigenvalue weighted by Gasteiger charge is -2.10. The fraction of sp³-hybridized carbons (Fsp3) is 0.923. The maximum atomic E-state index is 11.6. The summed E-state index contributed by atoms with van der Waals surface area (Å²) in [4.78, 5) is 11.6. The molecule has 0 heterocycles. The first-order chi connectivity index (χ1) is 7.68. The van der Waals surface area contributed by atoms with E-state index in [1.165, 1.54) is 25.7 Å². The number of hydrogen-bond donors (Lipinski definition) is 2. The summed E-state index contributed by atoms with van der Waals surface area (Å²) in [5, 5.41) is 6.30. The van der Waals surface area contributed by atoms with Crippen LogP contribution in [0.2, 0.25) is 0 Å². The lowest BCUT2D eigenvalue weighted by molar-refractivity contribution is -0.121. The van der Waals surface area contributed by atoms with E-state index in [9.17, 15) is 4.79 Å². The molecule has 3 nitrogen and oxygen atoms in total. The van der Waals surface area contributed by atoms with Crippen molar-refractivity contribution in [2.75, 3.05) is 19.6 Å². The molecular formula is C13H26N2O. The number of amides is 1. The lowest BCUT2D eigenvalue weighted by Crippen LogP contribution is -2.33. The normalized spacial score (nSPS) is 16.9. The van der Waals surface area contributed by atoms with Gasteiger partial charge >= 0.3 is 0 Å². The molecule has 0 aromatic heterocycles. The maximum absolute atomic E-state index is 11.6. The molecule has 1 aliphatic rings. The van der Waals surface area contributed by atoms with Gasteiger partial charge in [0, 0.05) is 19.5 Å². The molecule has 1 fully saturated rings. The largest absolute Gasteiger partial charge is 0.355 e. The zero-order valence-corrected chi connectivity index (χ0v) is 10.7. The third kappa shape index (κ3) is 6.11. The molecule has 94 valence electrons. The van der Waals surface area contributed by atoms with Crippen LogP contribution in [0.5, 0.6) is 0 Å². The fourth-order valence-corrected chi connectivity index (χ4v) is 2.23. The monoisotopic (exact) mass is 226 g/mol. The molecule has 0 bridgehead atoms. The van der Waals surface area contributed by atoms with Crippen molar-refractivity contribution in [3.63, 3.8) is 0 Å². The molecule has 0 aliphatic heterocycles. The van der Waals surface area contributed by atoms with Crippen molar-refractivity contribution >= 4 is 5.91 Å².